The Balaban J connectivity index is 1.67. The second-order valence-electron chi connectivity index (χ2n) is 12.1. The SMILES string of the molecule is CC(C)(C)C[C@@H]1N[C@@H](C(=O)N[C@H]2CC[C@H](O)CC2)C(c2cccc(Cl)c2F)[C@@]12C(=O)Nc1cc(Cl)ccc12. The molecule has 6 nitrogen and oxygen atoms in total. The Morgan fingerprint density at radius 3 is 2.55 bits per heavy atom. The Kier molecular flexibility index (Phi) is 7.27. The number of amides is 2. The molecular formula is C29H34Cl2FN3O3. The molecule has 5 rings (SSSR count). The zero-order chi connectivity index (χ0) is 27.4. The highest BCUT2D eigenvalue weighted by molar-refractivity contribution is 6.31. The summed E-state index contributed by atoms with van der Waals surface area (Å²) in [5.41, 5.74) is -0.00278. The fourth-order valence-corrected chi connectivity index (χ4v) is 7.02. The van der Waals surface area contributed by atoms with E-state index >= 15 is 4.39 Å². The number of carbonyl (C=O) groups is 2. The van der Waals surface area contributed by atoms with Crippen LogP contribution in [0.4, 0.5) is 10.1 Å². The summed E-state index contributed by atoms with van der Waals surface area (Å²) in [6.07, 6.45) is 2.75. The van der Waals surface area contributed by atoms with Gasteiger partial charge in [0.05, 0.1) is 17.2 Å². The third-order valence-electron chi connectivity index (χ3n) is 8.26. The van der Waals surface area contributed by atoms with Crippen molar-refractivity contribution in [1.82, 2.24) is 10.6 Å². The van der Waals surface area contributed by atoms with Gasteiger partial charge in [0, 0.05) is 28.7 Å². The Hall–Kier alpha value is -2.19. The number of fused-ring (bicyclic) bond motifs is 2. The number of hydrogen-bond donors (Lipinski definition) is 4. The van der Waals surface area contributed by atoms with Crippen LogP contribution in [0.2, 0.25) is 10.0 Å². The van der Waals surface area contributed by atoms with Gasteiger partial charge in [-0.05, 0) is 66.8 Å². The summed E-state index contributed by atoms with van der Waals surface area (Å²) in [5.74, 6) is -2.09. The lowest BCUT2D eigenvalue weighted by Gasteiger charge is -2.38. The first kappa shape index (κ1) is 27.4. The lowest BCUT2D eigenvalue weighted by Crippen LogP contribution is -2.50. The largest absolute Gasteiger partial charge is 0.393 e. The van der Waals surface area contributed by atoms with Gasteiger partial charge in [0.15, 0.2) is 0 Å². The molecule has 3 aliphatic rings. The highest BCUT2D eigenvalue weighted by atomic mass is 35.5. The number of anilines is 1. The molecule has 204 valence electrons. The quantitative estimate of drug-likeness (QED) is 0.407. The molecule has 0 radical (unpaired) electrons. The van der Waals surface area contributed by atoms with Gasteiger partial charge in [0.25, 0.3) is 0 Å². The summed E-state index contributed by atoms with van der Waals surface area (Å²) in [7, 11) is 0. The molecule has 2 amide bonds. The standard InChI is InChI=1S/C29H34Cl2FN3O3/c1-28(2,3)14-22-29(19-12-7-15(30)13-21(19)34-27(29)38)23(18-5-4-6-20(31)24(18)32)25(35-22)26(37)33-16-8-10-17(36)11-9-16/h4-7,12-13,16-17,22-23,25,35-36H,8-11,14H2,1-3H3,(H,33,37)(H,34,38)/t16-,17-,22-,23?,25+,29-/m0/s1. The third kappa shape index (κ3) is 4.72. The Morgan fingerprint density at radius 2 is 1.87 bits per heavy atom. The van der Waals surface area contributed by atoms with Crippen LogP contribution in [-0.2, 0) is 15.0 Å². The number of halogens is 3. The van der Waals surface area contributed by atoms with Crippen LogP contribution in [0.3, 0.4) is 0 Å². The first-order valence-corrected chi connectivity index (χ1v) is 14.0. The topological polar surface area (TPSA) is 90.5 Å². The number of benzene rings is 2. The van der Waals surface area contributed by atoms with Gasteiger partial charge < -0.3 is 21.1 Å². The van der Waals surface area contributed by atoms with E-state index in [9.17, 15) is 14.7 Å². The van der Waals surface area contributed by atoms with Gasteiger partial charge in [-0.15, -0.1) is 0 Å². The molecule has 4 N–H and O–H groups in total. The molecule has 9 heteroatoms. The molecular weight excluding hydrogens is 528 g/mol. The van der Waals surface area contributed by atoms with E-state index in [1.165, 1.54) is 6.07 Å². The van der Waals surface area contributed by atoms with Crippen LogP contribution in [0.15, 0.2) is 36.4 Å². The fourth-order valence-electron chi connectivity index (χ4n) is 6.66. The van der Waals surface area contributed by atoms with Crippen molar-refractivity contribution in [2.75, 3.05) is 5.32 Å². The van der Waals surface area contributed by atoms with E-state index < -0.39 is 29.2 Å². The van der Waals surface area contributed by atoms with E-state index in [0.29, 0.717) is 48.4 Å². The lowest BCUT2D eigenvalue weighted by molar-refractivity contribution is -0.124. The van der Waals surface area contributed by atoms with E-state index in [0.717, 1.165) is 0 Å². The van der Waals surface area contributed by atoms with Crippen molar-refractivity contribution in [3.63, 3.8) is 0 Å². The summed E-state index contributed by atoms with van der Waals surface area (Å²) in [5, 5.41) is 19.9. The number of aliphatic hydroxyl groups excluding tert-OH is 1. The van der Waals surface area contributed by atoms with Crippen molar-refractivity contribution in [2.45, 2.75) is 88.4 Å². The monoisotopic (exact) mass is 561 g/mol. The average Bonchev–Trinajstić information content (AvgIpc) is 3.31. The van der Waals surface area contributed by atoms with E-state index in [4.69, 9.17) is 23.2 Å². The molecule has 1 saturated heterocycles. The van der Waals surface area contributed by atoms with Gasteiger partial charge >= 0.3 is 0 Å². The molecule has 4 atom stereocenters. The molecule has 2 aromatic carbocycles. The minimum Gasteiger partial charge on any atom is -0.393 e. The van der Waals surface area contributed by atoms with Gasteiger partial charge in [0.2, 0.25) is 11.8 Å². The molecule has 38 heavy (non-hydrogen) atoms. The minimum atomic E-state index is -1.27. The third-order valence-corrected chi connectivity index (χ3v) is 8.79. The van der Waals surface area contributed by atoms with Crippen LogP contribution in [0.1, 0.15) is 69.9 Å². The molecule has 1 saturated carbocycles. The van der Waals surface area contributed by atoms with Gasteiger partial charge in [-0.25, -0.2) is 4.39 Å². The van der Waals surface area contributed by atoms with Crippen LogP contribution in [0, 0.1) is 11.2 Å². The predicted molar refractivity (Wildman–Crippen MR) is 147 cm³/mol. The van der Waals surface area contributed by atoms with E-state index in [1.807, 2.05) is 6.07 Å². The van der Waals surface area contributed by atoms with Crippen LogP contribution in [0.25, 0.3) is 0 Å². The van der Waals surface area contributed by atoms with Crippen molar-refractivity contribution in [3.05, 3.63) is 63.4 Å². The molecule has 0 aromatic heterocycles. The van der Waals surface area contributed by atoms with Crippen LogP contribution >= 0.6 is 23.2 Å². The molecule has 1 unspecified atom stereocenters. The second-order valence-corrected chi connectivity index (χ2v) is 13.0. The predicted octanol–water partition coefficient (Wildman–Crippen LogP) is 5.30. The number of carbonyl (C=O) groups excluding carboxylic acids is 2. The van der Waals surface area contributed by atoms with Crippen molar-refractivity contribution in [2.24, 2.45) is 5.41 Å². The Morgan fingerprint density at radius 1 is 1.16 bits per heavy atom. The number of aliphatic hydroxyl groups is 1. The molecule has 1 spiro atoms. The van der Waals surface area contributed by atoms with E-state index in [-0.39, 0.29) is 40.0 Å². The van der Waals surface area contributed by atoms with Crippen molar-refractivity contribution in [1.29, 1.82) is 0 Å². The second kappa shape index (κ2) is 10.1. The van der Waals surface area contributed by atoms with Gasteiger partial charge in [-0.3, -0.25) is 9.59 Å². The molecule has 2 fully saturated rings. The number of hydrogen-bond acceptors (Lipinski definition) is 4. The summed E-state index contributed by atoms with van der Waals surface area (Å²) in [6.45, 7) is 6.23. The highest BCUT2D eigenvalue weighted by Crippen LogP contribution is 2.57. The normalized spacial score (nSPS) is 30.8. The first-order valence-electron chi connectivity index (χ1n) is 13.2. The van der Waals surface area contributed by atoms with E-state index in [1.54, 1.807) is 24.3 Å². The lowest BCUT2D eigenvalue weighted by atomic mass is 9.62. The molecule has 2 aromatic rings. The fraction of sp³-hybridized carbons (Fsp3) is 0.517. The van der Waals surface area contributed by atoms with Gasteiger partial charge in [-0.2, -0.15) is 0 Å². The molecule has 1 aliphatic carbocycles. The van der Waals surface area contributed by atoms with E-state index in [2.05, 4.69) is 36.7 Å². The maximum atomic E-state index is 15.8. The summed E-state index contributed by atoms with van der Waals surface area (Å²) >= 11 is 12.5. The van der Waals surface area contributed by atoms with Gasteiger partial charge in [0.1, 0.15) is 11.2 Å². The zero-order valence-corrected chi connectivity index (χ0v) is 23.3. The maximum Gasteiger partial charge on any atom is 0.238 e. The smallest absolute Gasteiger partial charge is 0.238 e. The molecule has 0 bridgehead atoms. The zero-order valence-electron chi connectivity index (χ0n) is 21.8. The Labute approximate surface area is 232 Å². The number of rotatable bonds is 4. The van der Waals surface area contributed by atoms with Crippen LogP contribution in [0.5, 0.6) is 0 Å². The highest BCUT2D eigenvalue weighted by Gasteiger charge is 2.66. The van der Waals surface area contributed by atoms with Crippen LogP contribution < -0.4 is 16.0 Å². The minimum absolute atomic E-state index is 0.0629. The summed E-state index contributed by atoms with van der Waals surface area (Å²) in [4.78, 5) is 28.1. The van der Waals surface area contributed by atoms with Crippen molar-refractivity contribution in [3.8, 4) is 0 Å². The first-order chi connectivity index (χ1) is 17.9. The van der Waals surface area contributed by atoms with Crippen molar-refractivity contribution < 1.29 is 19.1 Å². The molecule has 2 heterocycles. The summed E-state index contributed by atoms with van der Waals surface area (Å²) < 4.78 is 15.8. The maximum absolute atomic E-state index is 15.8. The molecule has 2 aliphatic heterocycles. The average molecular weight is 563 g/mol. The van der Waals surface area contributed by atoms with Crippen LogP contribution in [-0.4, -0.2) is 41.2 Å². The number of nitrogens with one attached hydrogen (secondary N) is 3. The van der Waals surface area contributed by atoms with Gasteiger partial charge in [-0.1, -0.05) is 62.2 Å². The summed E-state index contributed by atoms with van der Waals surface area (Å²) in [6, 6.07) is 8.50. The Bertz CT molecular complexity index is 1260. The van der Waals surface area contributed by atoms with Crippen molar-refractivity contribution >= 4 is 40.7 Å².